The van der Waals surface area contributed by atoms with Gasteiger partial charge in [0.25, 0.3) is 5.91 Å². The summed E-state index contributed by atoms with van der Waals surface area (Å²) in [4.78, 5) is 31.6. The van der Waals surface area contributed by atoms with E-state index in [9.17, 15) is 9.59 Å². The third-order valence-electron chi connectivity index (χ3n) is 4.19. The van der Waals surface area contributed by atoms with Gasteiger partial charge in [0.15, 0.2) is 5.13 Å². The molecule has 4 rings (SSSR count). The van der Waals surface area contributed by atoms with E-state index in [1.807, 2.05) is 23.6 Å². The number of benzene rings is 1. The monoisotopic (exact) mass is 386 g/mol. The lowest BCUT2D eigenvalue weighted by atomic mass is 10.3. The van der Waals surface area contributed by atoms with Crippen molar-refractivity contribution in [3.05, 3.63) is 40.6 Å². The average Bonchev–Trinajstić information content (AvgIpc) is 3.40. The van der Waals surface area contributed by atoms with Crippen molar-refractivity contribution in [1.29, 1.82) is 0 Å². The van der Waals surface area contributed by atoms with Gasteiger partial charge in [-0.2, -0.15) is 0 Å². The zero-order chi connectivity index (χ0) is 17.9. The molecule has 2 aromatic heterocycles. The van der Waals surface area contributed by atoms with Crippen molar-refractivity contribution < 1.29 is 9.59 Å². The molecule has 0 bridgehead atoms. The Morgan fingerprint density at radius 1 is 1.19 bits per heavy atom. The highest BCUT2D eigenvalue weighted by molar-refractivity contribution is 7.22. The fourth-order valence-corrected chi connectivity index (χ4v) is 4.59. The number of aromatic nitrogens is 1. The average molecular weight is 387 g/mol. The Kier molecular flexibility index (Phi) is 4.85. The van der Waals surface area contributed by atoms with Crippen molar-refractivity contribution in [3.63, 3.8) is 0 Å². The number of hydrogen-bond acceptors (Lipinski definition) is 6. The molecule has 3 heterocycles. The smallest absolute Gasteiger partial charge is 0.261 e. The van der Waals surface area contributed by atoms with E-state index in [0.717, 1.165) is 28.4 Å². The van der Waals surface area contributed by atoms with Gasteiger partial charge in [0, 0.05) is 18.8 Å². The van der Waals surface area contributed by atoms with Crippen LogP contribution in [0.2, 0.25) is 0 Å². The van der Waals surface area contributed by atoms with E-state index in [0.29, 0.717) is 10.6 Å². The summed E-state index contributed by atoms with van der Waals surface area (Å²) < 4.78 is 1.05. The first-order valence-electron chi connectivity index (χ1n) is 8.46. The summed E-state index contributed by atoms with van der Waals surface area (Å²) >= 11 is 2.99. The van der Waals surface area contributed by atoms with E-state index in [2.05, 4.69) is 20.5 Å². The van der Waals surface area contributed by atoms with Crippen molar-refractivity contribution in [2.45, 2.75) is 12.8 Å². The normalized spacial score (nSPS) is 13.9. The van der Waals surface area contributed by atoms with Crippen LogP contribution in [0.5, 0.6) is 0 Å². The summed E-state index contributed by atoms with van der Waals surface area (Å²) in [6.45, 7) is 2.07. The highest BCUT2D eigenvalue weighted by Crippen LogP contribution is 2.32. The number of carbonyl (C=O) groups excluding carboxylic acids is 2. The van der Waals surface area contributed by atoms with E-state index in [-0.39, 0.29) is 18.4 Å². The van der Waals surface area contributed by atoms with Gasteiger partial charge < -0.3 is 15.5 Å². The third-order valence-corrected chi connectivity index (χ3v) is 6.14. The fourth-order valence-electron chi connectivity index (χ4n) is 2.89. The highest BCUT2D eigenvalue weighted by Gasteiger charge is 2.16. The zero-order valence-electron chi connectivity index (χ0n) is 14.0. The van der Waals surface area contributed by atoms with Gasteiger partial charge in [-0.1, -0.05) is 17.4 Å². The first-order valence-corrected chi connectivity index (χ1v) is 10.2. The van der Waals surface area contributed by atoms with Crippen LogP contribution < -0.4 is 15.5 Å². The van der Waals surface area contributed by atoms with Crippen LogP contribution in [0.25, 0.3) is 10.2 Å². The van der Waals surface area contributed by atoms with Gasteiger partial charge in [-0.15, -0.1) is 11.3 Å². The van der Waals surface area contributed by atoms with Crippen LogP contribution in [0.15, 0.2) is 35.7 Å². The Balaban J connectivity index is 1.38. The molecule has 3 aromatic rings. The quantitative estimate of drug-likeness (QED) is 0.705. The van der Waals surface area contributed by atoms with E-state index in [1.165, 1.54) is 24.2 Å². The molecule has 0 unspecified atom stereocenters. The second-order valence-electron chi connectivity index (χ2n) is 6.08. The summed E-state index contributed by atoms with van der Waals surface area (Å²) in [6, 6.07) is 9.24. The summed E-state index contributed by atoms with van der Waals surface area (Å²) in [5.41, 5.74) is 1.66. The highest BCUT2D eigenvalue weighted by atomic mass is 32.1. The molecule has 0 saturated carbocycles. The van der Waals surface area contributed by atoms with E-state index in [4.69, 9.17) is 0 Å². The number of thiophene rings is 1. The fraction of sp³-hybridized carbons (Fsp3) is 0.278. The molecule has 0 aliphatic carbocycles. The maximum absolute atomic E-state index is 12.1. The third kappa shape index (κ3) is 3.71. The maximum Gasteiger partial charge on any atom is 0.261 e. The van der Waals surface area contributed by atoms with Gasteiger partial charge in [0.1, 0.15) is 0 Å². The second kappa shape index (κ2) is 7.43. The van der Waals surface area contributed by atoms with Crippen LogP contribution in [0.4, 0.5) is 10.8 Å². The van der Waals surface area contributed by atoms with Crippen molar-refractivity contribution in [2.24, 2.45) is 0 Å². The molecule has 0 spiro atoms. The van der Waals surface area contributed by atoms with E-state index >= 15 is 0 Å². The standard InChI is InChI=1S/C18H18N4O2S2/c23-16(11-19-17(24)14-4-3-9-25-14)20-12-5-6-13-15(10-12)26-18(21-13)22-7-1-2-8-22/h3-6,9-10H,1-2,7-8,11H2,(H,19,24)(H,20,23). The Bertz CT molecular complexity index is 930. The Hall–Kier alpha value is -2.45. The lowest BCUT2D eigenvalue weighted by Gasteiger charge is -2.11. The molecule has 2 N–H and O–H groups in total. The van der Waals surface area contributed by atoms with Crippen LogP contribution in [0.3, 0.4) is 0 Å². The van der Waals surface area contributed by atoms with Gasteiger partial charge >= 0.3 is 0 Å². The molecule has 2 amide bonds. The number of amides is 2. The Morgan fingerprint density at radius 2 is 2.04 bits per heavy atom. The molecule has 1 fully saturated rings. The molecule has 26 heavy (non-hydrogen) atoms. The van der Waals surface area contributed by atoms with Gasteiger partial charge in [-0.3, -0.25) is 9.59 Å². The number of nitrogens with zero attached hydrogens (tertiary/aromatic N) is 2. The molecular weight excluding hydrogens is 368 g/mol. The summed E-state index contributed by atoms with van der Waals surface area (Å²) in [5, 5.41) is 8.33. The maximum atomic E-state index is 12.1. The van der Waals surface area contributed by atoms with E-state index < -0.39 is 0 Å². The van der Waals surface area contributed by atoms with Gasteiger partial charge in [0.05, 0.1) is 21.6 Å². The number of nitrogens with one attached hydrogen (secondary N) is 2. The Labute approximate surface area is 158 Å². The van der Waals surface area contributed by atoms with E-state index in [1.54, 1.807) is 23.5 Å². The zero-order valence-corrected chi connectivity index (χ0v) is 15.7. The van der Waals surface area contributed by atoms with Gasteiger partial charge in [-0.25, -0.2) is 4.98 Å². The Morgan fingerprint density at radius 3 is 2.81 bits per heavy atom. The molecule has 0 atom stereocenters. The lowest BCUT2D eigenvalue weighted by Crippen LogP contribution is -2.32. The number of fused-ring (bicyclic) bond motifs is 1. The SMILES string of the molecule is O=C(CNC(=O)c1cccs1)Nc1ccc2nc(N3CCCC3)sc2c1. The van der Waals surface area contributed by atoms with Crippen molar-refractivity contribution in [1.82, 2.24) is 10.3 Å². The molecule has 8 heteroatoms. The van der Waals surface area contributed by atoms with Gasteiger partial charge in [-0.05, 0) is 42.5 Å². The van der Waals surface area contributed by atoms with Crippen molar-refractivity contribution in [2.75, 3.05) is 29.9 Å². The summed E-state index contributed by atoms with van der Waals surface area (Å²) in [6.07, 6.45) is 2.43. The van der Waals surface area contributed by atoms with Gasteiger partial charge in [0.2, 0.25) is 5.91 Å². The molecule has 134 valence electrons. The largest absolute Gasteiger partial charge is 0.348 e. The lowest BCUT2D eigenvalue weighted by molar-refractivity contribution is -0.115. The second-order valence-corrected chi connectivity index (χ2v) is 8.04. The number of hydrogen-bond donors (Lipinski definition) is 2. The van der Waals surface area contributed by atoms with Crippen LogP contribution in [-0.4, -0.2) is 36.4 Å². The molecule has 6 nitrogen and oxygen atoms in total. The molecule has 0 radical (unpaired) electrons. The molecular formula is C18H18N4O2S2. The number of thiazole rings is 1. The first kappa shape index (κ1) is 17.0. The summed E-state index contributed by atoms with van der Waals surface area (Å²) in [5.74, 6) is -0.484. The molecule has 1 aromatic carbocycles. The number of carbonyl (C=O) groups is 2. The molecule has 1 aliphatic rings. The van der Waals surface area contributed by atoms with Crippen LogP contribution in [0.1, 0.15) is 22.5 Å². The predicted octanol–water partition coefficient (Wildman–Crippen LogP) is 3.33. The van der Waals surface area contributed by atoms with Crippen LogP contribution in [0, 0.1) is 0 Å². The number of anilines is 2. The minimum atomic E-state index is -0.251. The molecule has 1 saturated heterocycles. The minimum absolute atomic E-state index is 0.0590. The molecule has 1 aliphatic heterocycles. The van der Waals surface area contributed by atoms with Crippen molar-refractivity contribution >= 4 is 55.5 Å². The van der Waals surface area contributed by atoms with Crippen molar-refractivity contribution in [3.8, 4) is 0 Å². The topological polar surface area (TPSA) is 74.3 Å². The summed E-state index contributed by atoms with van der Waals surface area (Å²) in [7, 11) is 0. The predicted molar refractivity (Wildman–Crippen MR) is 106 cm³/mol. The van der Waals surface area contributed by atoms with Crippen LogP contribution in [-0.2, 0) is 4.79 Å². The minimum Gasteiger partial charge on any atom is -0.348 e. The first-order chi connectivity index (χ1) is 12.7. The van der Waals surface area contributed by atoms with Crippen LogP contribution >= 0.6 is 22.7 Å². The number of rotatable bonds is 5.